The molecule has 2 aromatic rings. The third kappa shape index (κ3) is 2.74. The number of ether oxygens (including phenoxy) is 2. The lowest BCUT2D eigenvalue weighted by molar-refractivity contribution is 0.174. The second-order valence-corrected chi connectivity index (χ2v) is 5.57. The highest BCUT2D eigenvalue weighted by molar-refractivity contribution is 5.47. The Morgan fingerprint density at radius 2 is 1.57 bits per heavy atom. The van der Waals surface area contributed by atoms with Crippen molar-refractivity contribution >= 4 is 0 Å². The largest absolute Gasteiger partial charge is 0.454 e. The first-order chi connectivity index (χ1) is 10.2. The van der Waals surface area contributed by atoms with Gasteiger partial charge >= 0.3 is 0 Å². The molecular weight excluding hydrogens is 262 g/mol. The van der Waals surface area contributed by atoms with Crippen LogP contribution in [0.4, 0.5) is 0 Å². The van der Waals surface area contributed by atoms with Crippen LogP contribution >= 0.6 is 0 Å². The predicted molar refractivity (Wildman–Crippen MR) is 83.7 cm³/mol. The summed E-state index contributed by atoms with van der Waals surface area (Å²) in [6.45, 7) is 4.74. The second-order valence-electron chi connectivity index (χ2n) is 5.57. The Morgan fingerprint density at radius 1 is 0.952 bits per heavy atom. The number of hydrogen-bond acceptors (Lipinski definition) is 3. The third-order valence-corrected chi connectivity index (χ3v) is 4.23. The molecule has 2 unspecified atom stereocenters. The van der Waals surface area contributed by atoms with E-state index in [1.165, 1.54) is 5.56 Å². The van der Waals surface area contributed by atoms with E-state index in [0.717, 1.165) is 29.0 Å². The topological polar surface area (TPSA) is 44.5 Å². The fraction of sp³-hybridized carbons (Fsp3) is 0.333. The van der Waals surface area contributed by atoms with Crippen molar-refractivity contribution in [2.75, 3.05) is 6.79 Å². The SMILES string of the molecule is CCC(C)c1ccc(C(N)c2ccc3c(c2)OCO3)cc1. The van der Waals surface area contributed by atoms with Gasteiger partial charge in [0.25, 0.3) is 0 Å². The number of nitrogens with two attached hydrogens (primary N) is 1. The van der Waals surface area contributed by atoms with E-state index in [0.29, 0.717) is 5.92 Å². The van der Waals surface area contributed by atoms with E-state index in [2.05, 4.69) is 38.1 Å². The van der Waals surface area contributed by atoms with Crippen molar-refractivity contribution in [3.63, 3.8) is 0 Å². The minimum atomic E-state index is -0.148. The van der Waals surface area contributed by atoms with Crippen molar-refractivity contribution in [2.45, 2.75) is 32.2 Å². The Labute approximate surface area is 125 Å². The fourth-order valence-electron chi connectivity index (χ4n) is 2.57. The normalized spacial score (nSPS) is 15.8. The monoisotopic (exact) mass is 283 g/mol. The zero-order valence-electron chi connectivity index (χ0n) is 12.5. The summed E-state index contributed by atoms with van der Waals surface area (Å²) in [6.07, 6.45) is 1.15. The first-order valence-corrected chi connectivity index (χ1v) is 7.44. The Morgan fingerprint density at radius 3 is 2.29 bits per heavy atom. The molecule has 0 amide bonds. The highest BCUT2D eigenvalue weighted by Gasteiger charge is 2.17. The summed E-state index contributed by atoms with van der Waals surface area (Å²) in [5.41, 5.74) is 9.88. The van der Waals surface area contributed by atoms with Crippen LogP contribution in [-0.4, -0.2) is 6.79 Å². The maximum Gasteiger partial charge on any atom is 0.231 e. The molecule has 1 aliphatic heterocycles. The summed E-state index contributed by atoms with van der Waals surface area (Å²) in [6, 6.07) is 14.3. The molecule has 110 valence electrons. The molecule has 21 heavy (non-hydrogen) atoms. The lowest BCUT2D eigenvalue weighted by Crippen LogP contribution is -2.11. The van der Waals surface area contributed by atoms with Crippen LogP contribution < -0.4 is 15.2 Å². The van der Waals surface area contributed by atoms with E-state index in [-0.39, 0.29) is 12.8 Å². The average Bonchev–Trinajstić information content (AvgIpc) is 3.01. The van der Waals surface area contributed by atoms with Crippen LogP contribution in [-0.2, 0) is 0 Å². The summed E-state index contributed by atoms with van der Waals surface area (Å²) in [5, 5.41) is 0. The fourth-order valence-corrected chi connectivity index (χ4v) is 2.57. The van der Waals surface area contributed by atoms with Gasteiger partial charge in [-0.1, -0.05) is 44.2 Å². The van der Waals surface area contributed by atoms with Crippen LogP contribution in [0.5, 0.6) is 11.5 Å². The van der Waals surface area contributed by atoms with Crippen molar-refractivity contribution in [2.24, 2.45) is 5.73 Å². The molecule has 0 bridgehead atoms. The molecule has 2 atom stereocenters. The number of fused-ring (bicyclic) bond motifs is 1. The van der Waals surface area contributed by atoms with Crippen molar-refractivity contribution in [3.05, 3.63) is 59.2 Å². The molecule has 0 fully saturated rings. The van der Waals surface area contributed by atoms with Gasteiger partial charge in [-0.15, -0.1) is 0 Å². The molecule has 1 heterocycles. The van der Waals surface area contributed by atoms with E-state index < -0.39 is 0 Å². The lowest BCUT2D eigenvalue weighted by atomic mass is 9.94. The van der Waals surface area contributed by atoms with Crippen LogP contribution in [0.15, 0.2) is 42.5 Å². The van der Waals surface area contributed by atoms with Crippen molar-refractivity contribution < 1.29 is 9.47 Å². The van der Waals surface area contributed by atoms with E-state index in [1.54, 1.807) is 0 Å². The quantitative estimate of drug-likeness (QED) is 0.923. The summed E-state index contributed by atoms with van der Waals surface area (Å²) in [7, 11) is 0. The Kier molecular flexibility index (Phi) is 3.84. The minimum absolute atomic E-state index is 0.148. The van der Waals surface area contributed by atoms with Gasteiger partial charge in [-0.05, 0) is 41.2 Å². The highest BCUT2D eigenvalue weighted by Crippen LogP contribution is 2.35. The first-order valence-electron chi connectivity index (χ1n) is 7.44. The van der Waals surface area contributed by atoms with E-state index in [9.17, 15) is 0 Å². The maximum atomic E-state index is 6.37. The number of benzene rings is 2. The van der Waals surface area contributed by atoms with Crippen LogP contribution in [0.1, 0.15) is 48.9 Å². The molecular formula is C18H21NO2. The van der Waals surface area contributed by atoms with E-state index in [1.807, 2.05) is 18.2 Å². The molecule has 0 saturated heterocycles. The smallest absolute Gasteiger partial charge is 0.231 e. The van der Waals surface area contributed by atoms with Crippen LogP contribution in [0.2, 0.25) is 0 Å². The highest BCUT2D eigenvalue weighted by atomic mass is 16.7. The van der Waals surface area contributed by atoms with Gasteiger partial charge in [0.2, 0.25) is 6.79 Å². The van der Waals surface area contributed by atoms with Gasteiger partial charge in [0.1, 0.15) is 0 Å². The van der Waals surface area contributed by atoms with Gasteiger partial charge in [-0.2, -0.15) is 0 Å². The molecule has 0 spiro atoms. The van der Waals surface area contributed by atoms with Crippen LogP contribution in [0.3, 0.4) is 0 Å². The van der Waals surface area contributed by atoms with Crippen molar-refractivity contribution in [1.29, 1.82) is 0 Å². The lowest BCUT2D eigenvalue weighted by Gasteiger charge is -2.15. The van der Waals surface area contributed by atoms with Gasteiger partial charge < -0.3 is 15.2 Å². The summed E-state index contributed by atoms with van der Waals surface area (Å²) in [5.74, 6) is 2.15. The molecule has 2 aromatic carbocycles. The maximum absolute atomic E-state index is 6.37. The first kappa shape index (κ1) is 14.0. The summed E-state index contributed by atoms with van der Waals surface area (Å²) in [4.78, 5) is 0. The van der Waals surface area contributed by atoms with Gasteiger partial charge in [0.15, 0.2) is 11.5 Å². The summed E-state index contributed by atoms with van der Waals surface area (Å²) >= 11 is 0. The molecule has 0 aliphatic carbocycles. The van der Waals surface area contributed by atoms with Crippen LogP contribution in [0, 0.1) is 0 Å². The molecule has 3 rings (SSSR count). The van der Waals surface area contributed by atoms with E-state index >= 15 is 0 Å². The van der Waals surface area contributed by atoms with Gasteiger partial charge in [0, 0.05) is 0 Å². The molecule has 1 aliphatic rings. The number of hydrogen-bond donors (Lipinski definition) is 1. The molecule has 2 N–H and O–H groups in total. The molecule has 0 radical (unpaired) electrons. The average molecular weight is 283 g/mol. The minimum Gasteiger partial charge on any atom is -0.454 e. The predicted octanol–water partition coefficient (Wildman–Crippen LogP) is 3.98. The molecule has 3 heteroatoms. The standard InChI is InChI=1S/C18H21NO2/c1-3-12(2)13-4-6-14(7-5-13)18(19)15-8-9-16-17(10-15)21-11-20-16/h4-10,12,18H,3,11,19H2,1-2H3. The molecule has 0 saturated carbocycles. The van der Waals surface area contributed by atoms with E-state index in [4.69, 9.17) is 15.2 Å². The third-order valence-electron chi connectivity index (χ3n) is 4.23. The molecule has 3 nitrogen and oxygen atoms in total. The second kappa shape index (κ2) is 5.78. The zero-order valence-corrected chi connectivity index (χ0v) is 12.5. The van der Waals surface area contributed by atoms with Crippen molar-refractivity contribution in [1.82, 2.24) is 0 Å². The van der Waals surface area contributed by atoms with Gasteiger partial charge in [0.05, 0.1) is 6.04 Å². The van der Waals surface area contributed by atoms with Crippen molar-refractivity contribution in [3.8, 4) is 11.5 Å². The zero-order chi connectivity index (χ0) is 14.8. The van der Waals surface area contributed by atoms with Gasteiger partial charge in [-0.25, -0.2) is 0 Å². The van der Waals surface area contributed by atoms with Gasteiger partial charge in [-0.3, -0.25) is 0 Å². The Bertz CT molecular complexity index is 622. The molecule has 0 aromatic heterocycles. The number of rotatable bonds is 4. The van der Waals surface area contributed by atoms with Crippen LogP contribution in [0.25, 0.3) is 0 Å². The summed E-state index contributed by atoms with van der Waals surface area (Å²) < 4.78 is 10.7. The Hall–Kier alpha value is -2.00. The Balaban J connectivity index is 1.83.